The number of hydrogen-bond acceptors (Lipinski definition) is 2. The van der Waals surface area contributed by atoms with Gasteiger partial charge >= 0.3 is 5.97 Å². The molecule has 0 aliphatic carbocycles. The first-order chi connectivity index (χ1) is 9.72. The summed E-state index contributed by atoms with van der Waals surface area (Å²) >= 11 is 0. The van der Waals surface area contributed by atoms with Crippen LogP contribution in [0.15, 0.2) is 60.7 Å². The van der Waals surface area contributed by atoms with Gasteiger partial charge in [0.2, 0.25) is 0 Å². The molecule has 2 rings (SSSR count). The Bertz CT molecular complexity index is 445. The summed E-state index contributed by atoms with van der Waals surface area (Å²) in [7, 11) is 0. The van der Waals surface area contributed by atoms with Gasteiger partial charge in [-0.3, -0.25) is 4.79 Å². The molecule has 0 radical (unpaired) electrons. The van der Waals surface area contributed by atoms with Crippen LogP contribution in [0.1, 0.15) is 26.2 Å². The molecule has 2 N–H and O–H groups in total. The standard InChI is InChI=1S/C12H11N.C5H10O2/c1-3-7-11(8-4-1)13-12-9-5-2-6-10-12;1-2-3-4-5(6)7/h1-10,13H;2-4H2,1H3,(H,6,7). The van der Waals surface area contributed by atoms with E-state index in [0.29, 0.717) is 6.42 Å². The van der Waals surface area contributed by atoms with E-state index in [9.17, 15) is 4.79 Å². The van der Waals surface area contributed by atoms with Crippen LogP contribution < -0.4 is 5.32 Å². The smallest absolute Gasteiger partial charge is 0.303 e. The zero-order valence-corrected chi connectivity index (χ0v) is 11.8. The Balaban J connectivity index is 0.000000246. The predicted molar refractivity (Wildman–Crippen MR) is 83.3 cm³/mol. The number of carboxylic acid groups (broad SMARTS) is 1. The Kier molecular flexibility index (Phi) is 7.58. The van der Waals surface area contributed by atoms with E-state index in [-0.39, 0.29) is 0 Å². The molecule has 0 unspecified atom stereocenters. The van der Waals surface area contributed by atoms with Crippen LogP contribution in [0, 0.1) is 0 Å². The number of carbonyl (C=O) groups is 1. The maximum absolute atomic E-state index is 9.76. The maximum atomic E-state index is 9.76. The van der Waals surface area contributed by atoms with E-state index in [1.165, 1.54) is 0 Å². The van der Waals surface area contributed by atoms with Gasteiger partial charge in [0.05, 0.1) is 0 Å². The van der Waals surface area contributed by atoms with E-state index in [1.54, 1.807) is 0 Å². The summed E-state index contributed by atoms with van der Waals surface area (Å²) < 4.78 is 0. The molecule has 3 heteroatoms. The first-order valence-corrected chi connectivity index (χ1v) is 6.81. The molecule has 2 aromatic rings. The molecule has 0 amide bonds. The van der Waals surface area contributed by atoms with Gasteiger partial charge in [-0.1, -0.05) is 49.7 Å². The quantitative estimate of drug-likeness (QED) is 0.829. The van der Waals surface area contributed by atoms with Crippen molar-refractivity contribution in [2.45, 2.75) is 26.2 Å². The van der Waals surface area contributed by atoms with Crippen LogP contribution in [0.3, 0.4) is 0 Å². The zero-order chi connectivity index (χ0) is 14.6. The molecule has 0 heterocycles. The van der Waals surface area contributed by atoms with Gasteiger partial charge in [-0.05, 0) is 30.7 Å². The lowest BCUT2D eigenvalue weighted by Gasteiger charge is -2.04. The van der Waals surface area contributed by atoms with Gasteiger partial charge in [0, 0.05) is 17.8 Å². The third-order valence-corrected chi connectivity index (χ3v) is 2.58. The van der Waals surface area contributed by atoms with E-state index in [2.05, 4.69) is 5.32 Å². The highest BCUT2D eigenvalue weighted by Crippen LogP contribution is 2.14. The summed E-state index contributed by atoms with van der Waals surface area (Å²) in [6.07, 6.45) is 2.08. The number of rotatable bonds is 5. The Morgan fingerprint density at radius 2 is 1.40 bits per heavy atom. The summed E-state index contributed by atoms with van der Waals surface area (Å²) in [4.78, 5) is 9.76. The van der Waals surface area contributed by atoms with Crippen molar-refractivity contribution < 1.29 is 9.90 Å². The molecule has 0 atom stereocenters. The molecule has 2 aromatic carbocycles. The van der Waals surface area contributed by atoms with Gasteiger partial charge < -0.3 is 10.4 Å². The van der Waals surface area contributed by atoms with Crippen LogP contribution in [0.5, 0.6) is 0 Å². The van der Waals surface area contributed by atoms with Crippen molar-refractivity contribution in [2.75, 3.05) is 5.32 Å². The summed E-state index contributed by atoms with van der Waals surface area (Å²) in [5.74, 6) is -0.693. The SMILES string of the molecule is CCCCC(=O)O.c1ccc(Nc2ccccc2)cc1. The molecule has 0 aliphatic heterocycles. The van der Waals surface area contributed by atoms with E-state index in [4.69, 9.17) is 5.11 Å². The summed E-state index contributed by atoms with van der Waals surface area (Å²) in [6, 6.07) is 20.3. The van der Waals surface area contributed by atoms with Gasteiger partial charge in [0.15, 0.2) is 0 Å². The average molecular weight is 271 g/mol. The number of hydrogen-bond donors (Lipinski definition) is 2. The molecule has 0 saturated heterocycles. The number of nitrogens with one attached hydrogen (secondary N) is 1. The van der Waals surface area contributed by atoms with Gasteiger partial charge in [-0.25, -0.2) is 0 Å². The molecule has 0 saturated carbocycles. The first kappa shape index (κ1) is 15.8. The molecule has 20 heavy (non-hydrogen) atoms. The van der Waals surface area contributed by atoms with Crippen molar-refractivity contribution >= 4 is 17.3 Å². The minimum Gasteiger partial charge on any atom is -0.481 e. The van der Waals surface area contributed by atoms with Crippen LogP contribution in [-0.4, -0.2) is 11.1 Å². The fraction of sp³-hybridized carbons (Fsp3) is 0.235. The highest BCUT2D eigenvalue weighted by Gasteiger charge is 1.91. The van der Waals surface area contributed by atoms with Crippen LogP contribution in [0.25, 0.3) is 0 Å². The highest BCUT2D eigenvalue weighted by atomic mass is 16.4. The fourth-order valence-corrected chi connectivity index (χ4v) is 1.54. The lowest BCUT2D eigenvalue weighted by Crippen LogP contribution is -1.91. The monoisotopic (exact) mass is 271 g/mol. The molecule has 0 spiro atoms. The lowest BCUT2D eigenvalue weighted by atomic mass is 10.3. The Morgan fingerprint density at radius 3 is 1.70 bits per heavy atom. The van der Waals surface area contributed by atoms with Crippen molar-refractivity contribution in [2.24, 2.45) is 0 Å². The molecule has 0 aliphatic rings. The lowest BCUT2D eigenvalue weighted by molar-refractivity contribution is -0.137. The maximum Gasteiger partial charge on any atom is 0.303 e. The van der Waals surface area contributed by atoms with Crippen molar-refractivity contribution in [1.82, 2.24) is 0 Å². The largest absolute Gasteiger partial charge is 0.481 e. The van der Waals surface area contributed by atoms with Crippen molar-refractivity contribution in [1.29, 1.82) is 0 Å². The Morgan fingerprint density at radius 1 is 0.950 bits per heavy atom. The topological polar surface area (TPSA) is 49.3 Å². The molecule has 0 aromatic heterocycles. The normalized spacial score (nSPS) is 9.25. The zero-order valence-electron chi connectivity index (χ0n) is 11.8. The first-order valence-electron chi connectivity index (χ1n) is 6.81. The number of anilines is 2. The molecular formula is C17H21NO2. The van der Waals surface area contributed by atoms with Crippen LogP contribution >= 0.6 is 0 Å². The summed E-state index contributed by atoms with van der Waals surface area (Å²) in [5, 5.41) is 11.3. The average Bonchev–Trinajstić information content (AvgIpc) is 2.48. The molecule has 106 valence electrons. The van der Waals surface area contributed by atoms with E-state index in [0.717, 1.165) is 24.2 Å². The number of unbranched alkanes of at least 4 members (excludes halogenated alkanes) is 1. The minimum absolute atomic E-state index is 0.316. The van der Waals surface area contributed by atoms with E-state index >= 15 is 0 Å². The van der Waals surface area contributed by atoms with Gasteiger partial charge in [0.1, 0.15) is 0 Å². The molecule has 3 nitrogen and oxygen atoms in total. The third-order valence-electron chi connectivity index (χ3n) is 2.58. The van der Waals surface area contributed by atoms with E-state index in [1.807, 2.05) is 67.6 Å². The van der Waals surface area contributed by atoms with Crippen LogP contribution in [0.2, 0.25) is 0 Å². The summed E-state index contributed by atoms with van der Waals surface area (Å²) in [5.41, 5.74) is 2.24. The van der Waals surface area contributed by atoms with Crippen molar-refractivity contribution in [3.8, 4) is 0 Å². The number of aliphatic carboxylic acids is 1. The molecule has 0 fully saturated rings. The fourth-order valence-electron chi connectivity index (χ4n) is 1.54. The molecule has 0 bridgehead atoms. The third kappa shape index (κ3) is 7.21. The Labute approximate surface area is 120 Å². The number of benzene rings is 2. The van der Waals surface area contributed by atoms with Gasteiger partial charge in [0.25, 0.3) is 0 Å². The second-order valence-corrected chi connectivity index (χ2v) is 4.35. The second kappa shape index (κ2) is 9.62. The van der Waals surface area contributed by atoms with E-state index < -0.39 is 5.97 Å². The summed E-state index contributed by atoms with van der Waals surface area (Å²) in [6.45, 7) is 1.98. The minimum atomic E-state index is -0.693. The second-order valence-electron chi connectivity index (χ2n) is 4.35. The van der Waals surface area contributed by atoms with Crippen molar-refractivity contribution in [3.05, 3.63) is 60.7 Å². The highest BCUT2D eigenvalue weighted by molar-refractivity contribution is 5.66. The Hall–Kier alpha value is -2.29. The molecular weight excluding hydrogens is 250 g/mol. The van der Waals surface area contributed by atoms with Crippen LogP contribution in [0.4, 0.5) is 11.4 Å². The predicted octanol–water partition coefficient (Wildman–Crippen LogP) is 4.69. The van der Waals surface area contributed by atoms with Gasteiger partial charge in [-0.15, -0.1) is 0 Å². The number of para-hydroxylation sites is 2. The van der Waals surface area contributed by atoms with Gasteiger partial charge in [-0.2, -0.15) is 0 Å². The van der Waals surface area contributed by atoms with Crippen LogP contribution in [-0.2, 0) is 4.79 Å². The van der Waals surface area contributed by atoms with Crippen molar-refractivity contribution in [3.63, 3.8) is 0 Å². The number of carboxylic acids is 1.